The molecule has 2 aromatic carbocycles. The highest BCUT2D eigenvalue weighted by molar-refractivity contribution is 5.99. The summed E-state index contributed by atoms with van der Waals surface area (Å²) < 4.78 is 1.69. The van der Waals surface area contributed by atoms with E-state index in [1.807, 2.05) is 49.5 Å². The lowest BCUT2D eigenvalue weighted by Crippen LogP contribution is -2.20. The third-order valence-corrected chi connectivity index (χ3v) is 5.99. The molecule has 0 aliphatic carbocycles. The maximum atomic E-state index is 9.96. The fourth-order valence-corrected chi connectivity index (χ4v) is 3.97. The van der Waals surface area contributed by atoms with Crippen LogP contribution in [0.3, 0.4) is 0 Å². The summed E-state index contributed by atoms with van der Waals surface area (Å²) in [6.07, 6.45) is 4.14. The van der Waals surface area contributed by atoms with Gasteiger partial charge in [-0.3, -0.25) is 4.98 Å². The van der Waals surface area contributed by atoms with Crippen LogP contribution in [0.2, 0.25) is 0 Å². The van der Waals surface area contributed by atoms with Gasteiger partial charge in [-0.2, -0.15) is 10.5 Å². The molecule has 0 aliphatic heterocycles. The first-order valence-corrected chi connectivity index (χ1v) is 12.2. The number of allylic oxidation sites excluding steroid dienone is 1. The second kappa shape index (κ2) is 10.5. The molecule has 0 saturated heterocycles. The van der Waals surface area contributed by atoms with Crippen LogP contribution in [-0.2, 0) is 0 Å². The molecule has 0 unspecified atom stereocenters. The fourth-order valence-electron chi connectivity index (χ4n) is 3.97. The normalized spacial score (nSPS) is 11.9. The summed E-state index contributed by atoms with van der Waals surface area (Å²) in [6.45, 7) is 13.1. The highest BCUT2D eigenvalue weighted by atomic mass is 15.4. The first kappa shape index (κ1) is 25.4. The monoisotopic (exact) mass is 490 g/mol. The molecule has 2 N–H and O–H groups in total. The third kappa shape index (κ3) is 5.60. The molecule has 2 heterocycles. The van der Waals surface area contributed by atoms with Crippen molar-refractivity contribution in [3.63, 3.8) is 0 Å². The van der Waals surface area contributed by atoms with Crippen molar-refractivity contribution in [2.45, 2.75) is 40.2 Å². The van der Waals surface area contributed by atoms with E-state index in [9.17, 15) is 10.5 Å². The lowest BCUT2D eigenvalue weighted by Gasteiger charge is -2.22. The zero-order valence-electron chi connectivity index (χ0n) is 21.6. The van der Waals surface area contributed by atoms with Crippen molar-refractivity contribution in [3.05, 3.63) is 83.8 Å². The summed E-state index contributed by atoms with van der Waals surface area (Å²) in [5, 5.41) is 36.1. The highest BCUT2D eigenvalue weighted by Crippen LogP contribution is 2.34. The van der Waals surface area contributed by atoms with Crippen molar-refractivity contribution < 1.29 is 0 Å². The summed E-state index contributed by atoms with van der Waals surface area (Å²) in [6, 6.07) is 17.8. The minimum atomic E-state index is -0.332. The van der Waals surface area contributed by atoms with Crippen LogP contribution in [0.25, 0.3) is 16.6 Å². The molecule has 2 aromatic heterocycles. The van der Waals surface area contributed by atoms with Crippen LogP contribution in [0.1, 0.15) is 62.5 Å². The van der Waals surface area contributed by atoms with Gasteiger partial charge in [-0.05, 0) is 29.5 Å². The maximum absolute atomic E-state index is 9.96. The lowest BCUT2D eigenvalue weighted by atomic mass is 9.96. The first-order valence-electron chi connectivity index (χ1n) is 12.2. The maximum Gasteiger partial charge on any atom is 0.110 e. The van der Waals surface area contributed by atoms with Gasteiger partial charge in [0.25, 0.3) is 0 Å². The van der Waals surface area contributed by atoms with Crippen LogP contribution < -0.4 is 10.6 Å². The van der Waals surface area contributed by atoms with Crippen molar-refractivity contribution in [2.75, 3.05) is 17.2 Å². The molecule has 0 spiro atoms. The molecule has 0 amide bonds. The minimum Gasteiger partial charge on any atom is -0.383 e. The average Bonchev–Trinajstić information content (AvgIpc) is 3.39. The van der Waals surface area contributed by atoms with Gasteiger partial charge in [0.1, 0.15) is 17.8 Å². The molecule has 0 saturated carbocycles. The highest BCUT2D eigenvalue weighted by Gasteiger charge is 2.21. The van der Waals surface area contributed by atoms with Gasteiger partial charge in [0, 0.05) is 29.5 Å². The number of fused-ring (bicyclic) bond motifs is 1. The van der Waals surface area contributed by atoms with Gasteiger partial charge >= 0.3 is 0 Å². The number of anilines is 2. The number of pyridine rings is 1. The molecular weight excluding hydrogens is 460 g/mol. The zero-order chi connectivity index (χ0) is 26.6. The lowest BCUT2D eigenvalue weighted by molar-refractivity contribution is 0.443. The Labute approximate surface area is 217 Å². The summed E-state index contributed by atoms with van der Waals surface area (Å²) in [5.74, 6) is 0. The predicted molar refractivity (Wildman–Crippen MR) is 147 cm³/mol. The molecule has 0 fully saturated rings. The first-order chi connectivity index (χ1) is 17.7. The Hall–Kier alpha value is -4.69. The molecule has 4 rings (SSSR count). The van der Waals surface area contributed by atoms with E-state index in [2.05, 4.69) is 65.4 Å². The Morgan fingerprint density at radius 3 is 2.49 bits per heavy atom. The molecule has 0 bridgehead atoms. The number of nitrogens with zero attached hydrogens (tertiary/aromatic N) is 6. The summed E-state index contributed by atoms with van der Waals surface area (Å²) in [4.78, 5) is 4.45. The Morgan fingerprint density at radius 2 is 1.84 bits per heavy atom. The standard InChI is InChI=1S/C29H30N8/c1-6-19(2)37-17-25(35-36-37)28(20-10-8-7-9-11-20)34-23-12-21(14-30)26-24(13-23)27(22(15-31)16-32-26)33-18-29(3,4)5/h7-13,16-17,28,34H,2,6,18H2,1,3-5H3,(H,32,33)/t28-/m0/s1. The van der Waals surface area contributed by atoms with Gasteiger partial charge < -0.3 is 10.6 Å². The number of nitriles is 2. The van der Waals surface area contributed by atoms with E-state index in [-0.39, 0.29) is 11.5 Å². The predicted octanol–water partition coefficient (Wildman–Crippen LogP) is 6.11. The number of aromatic nitrogens is 4. The van der Waals surface area contributed by atoms with Crippen molar-refractivity contribution in [1.82, 2.24) is 20.0 Å². The van der Waals surface area contributed by atoms with Crippen molar-refractivity contribution in [1.29, 1.82) is 10.5 Å². The van der Waals surface area contributed by atoms with Gasteiger partial charge in [0.15, 0.2) is 0 Å². The molecule has 0 aliphatic rings. The van der Waals surface area contributed by atoms with Crippen molar-refractivity contribution >= 4 is 28.0 Å². The van der Waals surface area contributed by atoms with Gasteiger partial charge in [0.2, 0.25) is 0 Å². The molecule has 4 aromatic rings. The smallest absolute Gasteiger partial charge is 0.110 e. The minimum absolute atomic E-state index is 0.0109. The second-order valence-electron chi connectivity index (χ2n) is 10.1. The van der Waals surface area contributed by atoms with Crippen LogP contribution in [0.15, 0.2) is 61.4 Å². The molecule has 8 nitrogen and oxygen atoms in total. The van der Waals surface area contributed by atoms with Crippen molar-refractivity contribution in [3.8, 4) is 12.1 Å². The second-order valence-corrected chi connectivity index (χ2v) is 10.1. The van der Waals surface area contributed by atoms with Gasteiger partial charge in [0.05, 0.1) is 34.6 Å². The van der Waals surface area contributed by atoms with Gasteiger partial charge in [-0.15, -0.1) is 5.10 Å². The molecular formula is C29H30N8. The van der Waals surface area contributed by atoms with Crippen LogP contribution in [0.5, 0.6) is 0 Å². The van der Waals surface area contributed by atoms with Crippen LogP contribution >= 0.6 is 0 Å². The number of hydrogen-bond donors (Lipinski definition) is 2. The number of hydrogen-bond acceptors (Lipinski definition) is 7. The van der Waals surface area contributed by atoms with Crippen LogP contribution in [0.4, 0.5) is 11.4 Å². The number of benzene rings is 2. The van der Waals surface area contributed by atoms with E-state index in [1.54, 1.807) is 10.7 Å². The van der Waals surface area contributed by atoms with E-state index >= 15 is 0 Å². The largest absolute Gasteiger partial charge is 0.383 e. The molecule has 37 heavy (non-hydrogen) atoms. The summed E-state index contributed by atoms with van der Waals surface area (Å²) in [5.41, 5.74) is 5.30. The van der Waals surface area contributed by atoms with E-state index in [0.717, 1.165) is 23.4 Å². The summed E-state index contributed by atoms with van der Waals surface area (Å²) >= 11 is 0. The Kier molecular flexibility index (Phi) is 7.22. The topological polar surface area (TPSA) is 115 Å². The zero-order valence-corrected chi connectivity index (χ0v) is 21.6. The molecule has 186 valence electrons. The van der Waals surface area contributed by atoms with Gasteiger partial charge in [-0.1, -0.05) is 69.8 Å². The average molecular weight is 491 g/mol. The van der Waals surface area contributed by atoms with Crippen LogP contribution in [-0.4, -0.2) is 26.5 Å². The SMILES string of the molecule is C=C(CC)n1cc([C@@H](Nc2cc(C#N)c3ncc(C#N)c(NCC(C)(C)C)c3c2)c2ccccc2)nn1. The third-order valence-electron chi connectivity index (χ3n) is 5.99. The summed E-state index contributed by atoms with van der Waals surface area (Å²) in [7, 11) is 0. The molecule has 8 heteroatoms. The quantitative estimate of drug-likeness (QED) is 0.306. The van der Waals surface area contributed by atoms with E-state index in [4.69, 9.17) is 0 Å². The Morgan fingerprint density at radius 1 is 1.11 bits per heavy atom. The number of rotatable bonds is 8. The Balaban J connectivity index is 1.84. The van der Waals surface area contributed by atoms with E-state index in [0.29, 0.717) is 39.9 Å². The van der Waals surface area contributed by atoms with E-state index in [1.165, 1.54) is 6.20 Å². The van der Waals surface area contributed by atoms with Gasteiger partial charge in [-0.25, -0.2) is 4.68 Å². The fraction of sp³-hybridized carbons (Fsp3) is 0.276. The molecule has 1 atom stereocenters. The van der Waals surface area contributed by atoms with E-state index < -0.39 is 0 Å². The van der Waals surface area contributed by atoms with Crippen molar-refractivity contribution in [2.24, 2.45) is 5.41 Å². The Bertz CT molecular complexity index is 1510. The number of nitrogens with one attached hydrogen (secondary N) is 2. The van der Waals surface area contributed by atoms with Crippen LogP contribution in [0, 0.1) is 28.1 Å². The molecule has 0 radical (unpaired) electrons.